The Morgan fingerprint density at radius 3 is 2.27 bits per heavy atom. The van der Waals surface area contributed by atoms with Crippen LogP contribution in [0.3, 0.4) is 0 Å². The van der Waals surface area contributed by atoms with E-state index in [0.29, 0.717) is 23.6 Å². The summed E-state index contributed by atoms with van der Waals surface area (Å²) in [6.45, 7) is 2.41. The van der Waals surface area contributed by atoms with E-state index >= 15 is 0 Å². The van der Waals surface area contributed by atoms with Gasteiger partial charge in [0.15, 0.2) is 0 Å². The molecule has 6 nitrogen and oxygen atoms in total. The van der Waals surface area contributed by atoms with Gasteiger partial charge in [-0.25, -0.2) is 12.8 Å². The summed E-state index contributed by atoms with van der Waals surface area (Å²) in [7, 11) is -3.81. The molecule has 8 heteroatoms. The maximum absolute atomic E-state index is 13.6. The Morgan fingerprint density at radius 2 is 1.63 bits per heavy atom. The average Bonchev–Trinajstić information content (AvgIpc) is 2.74. The van der Waals surface area contributed by atoms with Gasteiger partial charge < -0.3 is 10.1 Å². The molecule has 0 aromatic heterocycles. The number of anilines is 1. The number of nitrogens with one attached hydrogen (secondary N) is 2. The Hall–Kier alpha value is -3.39. The first kappa shape index (κ1) is 21.3. The molecule has 0 spiro atoms. The normalized spacial score (nSPS) is 11.0. The zero-order chi connectivity index (χ0) is 21.6. The number of amides is 1. The van der Waals surface area contributed by atoms with Gasteiger partial charge in [0.1, 0.15) is 11.6 Å². The Balaban J connectivity index is 1.64. The third-order valence-corrected chi connectivity index (χ3v) is 5.64. The van der Waals surface area contributed by atoms with E-state index < -0.39 is 21.7 Å². The number of hydrogen-bond acceptors (Lipinski definition) is 4. The van der Waals surface area contributed by atoms with E-state index in [2.05, 4.69) is 10.0 Å². The van der Waals surface area contributed by atoms with Crippen LogP contribution in [0.4, 0.5) is 10.1 Å². The summed E-state index contributed by atoms with van der Waals surface area (Å²) in [6.07, 6.45) is 0. The maximum Gasteiger partial charge on any atom is 0.261 e. The molecule has 156 valence electrons. The zero-order valence-electron chi connectivity index (χ0n) is 16.3. The van der Waals surface area contributed by atoms with Gasteiger partial charge >= 0.3 is 0 Å². The minimum Gasteiger partial charge on any atom is -0.494 e. The minimum atomic E-state index is -3.81. The smallest absolute Gasteiger partial charge is 0.261 e. The Bertz CT molecular complexity index is 1110. The van der Waals surface area contributed by atoms with E-state index in [1.807, 2.05) is 6.92 Å². The van der Waals surface area contributed by atoms with Crippen LogP contribution in [0.15, 0.2) is 77.7 Å². The molecule has 30 heavy (non-hydrogen) atoms. The van der Waals surface area contributed by atoms with Crippen molar-refractivity contribution in [1.29, 1.82) is 0 Å². The molecule has 2 N–H and O–H groups in total. The molecule has 3 aromatic carbocycles. The number of hydrogen-bond donors (Lipinski definition) is 2. The third-order valence-electron chi connectivity index (χ3n) is 4.24. The van der Waals surface area contributed by atoms with Gasteiger partial charge in [-0.2, -0.15) is 0 Å². The Labute approximate surface area is 174 Å². The fourth-order valence-electron chi connectivity index (χ4n) is 2.70. The molecule has 0 aliphatic rings. The second kappa shape index (κ2) is 9.41. The van der Waals surface area contributed by atoms with Crippen molar-refractivity contribution in [2.24, 2.45) is 0 Å². The predicted molar refractivity (Wildman–Crippen MR) is 112 cm³/mol. The highest BCUT2D eigenvalue weighted by Gasteiger charge is 2.15. The van der Waals surface area contributed by atoms with Crippen LogP contribution in [0.5, 0.6) is 5.75 Å². The lowest BCUT2D eigenvalue weighted by Gasteiger charge is -2.10. The number of ether oxygens (including phenoxy) is 1. The first-order valence-electron chi connectivity index (χ1n) is 9.26. The molecule has 0 aliphatic carbocycles. The first-order chi connectivity index (χ1) is 14.4. The molecule has 0 unspecified atom stereocenters. The lowest BCUT2D eigenvalue weighted by Crippen LogP contribution is -2.23. The fraction of sp³-hybridized carbons (Fsp3) is 0.136. The van der Waals surface area contributed by atoms with Crippen molar-refractivity contribution < 1.29 is 22.3 Å². The molecular formula is C22H21FN2O4S. The van der Waals surface area contributed by atoms with E-state index in [-0.39, 0.29) is 17.0 Å². The molecule has 0 fully saturated rings. The predicted octanol–water partition coefficient (Wildman–Crippen LogP) is 3.96. The third kappa shape index (κ3) is 5.36. The van der Waals surface area contributed by atoms with E-state index in [9.17, 15) is 17.6 Å². The number of carbonyl (C=O) groups is 1. The van der Waals surface area contributed by atoms with Gasteiger partial charge in [-0.1, -0.05) is 18.2 Å². The van der Waals surface area contributed by atoms with Crippen molar-refractivity contribution in [2.45, 2.75) is 18.4 Å². The van der Waals surface area contributed by atoms with Gasteiger partial charge in [-0.05, 0) is 61.5 Å². The van der Waals surface area contributed by atoms with Crippen LogP contribution in [-0.4, -0.2) is 20.9 Å². The van der Waals surface area contributed by atoms with Crippen LogP contribution < -0.4 is 14.8 Å². The van der Waals surface area contributed by atoms with Crippen molar-refractivity contribution in [3.05, 3.63) is 89.7 Å². The van der Waals surface area contributed by atoms with Gasteiger partial charge in [0.2, 0.25) is 0 Å². The van der Waals surface area contributed by atoms with Crippen LogP contribution in [0.2, 0.25) is 0 Å². The Morgan fingerprint density at radius 1 is 0.967 bits per heavy atom. The second-order valence-corrected chi connectivity index (χ2v) is 8.04. The highest BCUT2D eigenvalue weighted by Crippen LogP contribution is 2.20. The number of halogens is 1. The average molecular weight is 428 g/mol. The molecule has 0 saturated heterocycles. The van der Waals surface area contributed by atoms with Crippen LogP contribution in [-0.2, 0) is 16.6 Å². The van der Waals surface area contributed by atoms with Gasteiger partial charge in [-0.15, -0.1) is 0 Å². The van der Waals surface area contributed by atoms with Crippen LogP contribution in [0.25, 0.3) is 0 Å². The zero-order valence-corrected chi connectivity index (χ0v) is 17.1. The maximum atomic E-state index is 13.6. The molecule has 0 aliphatic heterocycles. The van der Waals surface area contributed by atoms with Crippen molar-refractivity contribution in [3.63, 3.8) is 0 Å². The molecule has 3 rings (SSSR count). The SMILES string of the molecule is CCOc1ccc(NS(=O)(=O)c2ccc(C(=O)NCc3ccccc3F)cc2)cc1. The summed E-state index contributed by atoms with van der Waals surface area (Å²) in [6, 6.07) is 18.2. The lowest BCUT2D eigenvalue weighted by atomic mass is 10.2. The van der Waals surface area contributed by atoms with Gasteiger partial charge in [-0.3, -0.25) is 9.52 Å². The van der Waals surface area contributed by atoms with Gasteiger partial charge in [0.25, 0.3) is 15.9 Å². The van der Waals surface area contributed by atoms with Gasteiger partial charge in [0.05, 0.1) is 11.5 Å². The van der Waals surface area contributed by atoms with Crippen LogP contribution >= 0.6 is 0 Å². The van der Waals surface area contributed by atoms with Crippen molar-refractivity contribution in [2.75, 3.05) is 11.3 Å². The summed E-state index contributed by atoms with van der Waals surface area (Å²) < 4.78 is 46.6. The summed E-state index contributed by atoms with van der Waals surface area (Å²) in [5.74, 6) is -0.188. The molecule has 0 atom stereocenters. The molecule has 0 radical (unpaired) electrons. The molecular weight excluding hydrogens is 407 g/mol. The fourth-order valence-corrected chi connectivity index (χ4v) is 3.76. The number of benzene rings is 3. The van der Waals surface area contributed by atoms with Crippen molar-refractivity contribution >= 4 is 21.6 Å². The quantitative estimate of drug-likeness (QED) is 0.569. The first-order valence-corrected chi connectivity index (χ1v) is 10.7. The van der Waals surface area contributed by atoms with Crippen LogP contribution in [0, 0.1) is 5.82 Å². The largest absolute Gasteiger partial charge is 0.494 e. The topological polar surface area (TPSA) is 84.5 Å². The molecule has 3 aromatic rings. The summed E-state index contributed by atoms with van der Waals surface area (Å²) in [5, 5.41) is 2.61. The molecule has 0 heterocycles. The molecule has 1 amide bonds. The van der Waals surface area contributed by atoms with E-state index in [4.69, 9.17) is 4.74 Å². The summed E-state index contributed by atoms with van der Waals surface area (Å²) >= 11 is 0. The highest BCUT2D eigenvalue weighted by molar-refractivity contribution is 7.92. The molecule has 0 saturated carbocycles. The van der Waals surface area contributed by atoms with E-state index in [0.717, 1.165) is 0 Å². The number of sulfonamides is 1. The van der Waals surface area contributed by atoms with E-state index in [1.165, 1.54) is 30.3 Å². The summed E-state index contributed by atoms with van der Waals surface area (Å²) in [5.41, 5.74) is 1.03. The number of carbonyl (C=O) groups excluding carboxylic acids is 1. The second-order valence-electron chi connectivity index (χ2n) is 6.36. The van der Waals surface area contributed by atoms with Gasteiger partial charge in [0, 0.05) is 23.4 Å². The van der Waals surface area contributed by atoms with E-state index in [1.54, 1.807) is 42.5 Å². The standard InChI is InChI=1S/C22H21FN2O4S/c1-2-29-19-11-9-18(10-12-19)25-30(27,28)20-13-7-16(8-14-20)22(26)24-15-17-5-3-4-6-21(17)23/h3-14,25H,2,15H2,1H3,(H,24,26). The minimum absolute atomic E-state index is 0.0158. The molecule has 0 bridgehead atoms. The van der Waals surface area contributed by atoms with Crippen LogP contribution in [0.1, 0.15) is 22.8 Å². The van der Waals surface area contributed by atoms with Crippen molar-refractivity contribution in [1.82, 2.24) is 5.32 Å². The van der Waals surface area contributed by atoms with Crippen molar-refractivity contribution in [3.8, 4) is 5.75 Å². The number of rotatable bonds is 8. The lowest BCUT2D eigenvalue weighted by molar-refractivity contribution is 0.0950. The summed E-state index contributed by atoms with van der Waals surface area (Å²) in [4.78, 5) is 12.3. The Kier molecular flexibility index (Phi) is 6.68. The monoisotopic (exact) mass is 428 g/mol. The highest BCUT2D eigenvalue weighted by atomic mass is 32.2.